The third-order valence-electron chi connectivity index (χ3n) is 4.51. The molecule has 2 aliphatic rings. The Labute approximate surface area is 153 Å². The number of nitrogens with one attached hydrogen (secondary N) is 2. The summed E-state index contributed by atoms with van der Waals surface area (Å²) in [6, 6.07) is 0. The van der Waals surface area contributed by atoms with Crippen LogP contribution in [0.25, 0.3) is 0 Å². The van der Waals surface area contributed by atoms with E-state index in [0.29, 0.717) is 31.8 Å². The lowest BCUT2D eigenvalue weighted by Gasteiger charge is -2.22. The zero-order valence-corrected chi connectivity index (χ0v) is 15.5. The van der Waals surface area contributed by atoms with Crippen LogP contribution in [0.5, 0.6) is 0 Å². The maximum absolute atomic E-state index is 13.4. The van der Waals surface area contributed by atoms with E-state index >= 15 is 0 Å². The number of likely N-dealkylation sites (N-methyl/N-ethyl adjacent to an activating group) is 1. The number of aliphatic imine (C=N–C) groups is 1. The quantitative estimate of drug-likeness (QED) is 0.538. The molecule has 0 spiro atoms. The Balaban J connectivity index is 2.03. The molecule has 0 fully saturated rings. The molecule has 0 saturated carbocycles. The van der Waals surface area contributed by atoms with Crippen molar-refractivity contribution < 1.29 is 13.6 Å². The van der Waals surface area contributed by atoms with Crippen LogP contribution in [0, 0.1) is 0 Å². The van der Waals surface area contributed by atoms with Crippen molar-refractivity contribution in [2.75, 3.05) is 26.7 Å². The number of rotatable bonds is 7. The number of allylic oxidation sites excluding steroid dienone is 3. The second kappa shape index (κ2) is 10.2. The molecule has 0 aliphatic carbocycles. The van der Waals surface area contributed by atoms with Gasteiger partial charge in [0.05, 0.1) is 0 Å². The molecule has 2 N–H and O–H groups in total. The number of amides is 1. The molecule has 1 atom stereocenters. The molecular formula is C19H28F2N4O. The van der Waals surface area contributed by atoms with Crippen molar-refractivity contribution in [1.29, 1.82) is 0 Å². The summed E-state index contributed by atoms with van der Waals surface area (Å²) in [6.45, 7) is 3.66. The van der Waals surface area contributed by atoms with Gasteiger partial charge in [-0.15, -0.1) is 0 Å². The molecule has 0 radical (unpaired) electrons. The standard InChI is InChI=1S/C19H28F2N4O/c1-3-4-5-11-25(2)18(17(20)21)24-13-15-8-9-16-14(12-23-15)7-6-10-22-19(16)26/h4-5,8,13,17-18,23H,3,6-7,9-12H2,1-2H3,(H,22,26)/b5-4-,24-13+. The number of carbonyl (C=O) groups excluding carboxylic acids is 1. The van der Waals surface area contributed by atoms with Gasteiger partial charge in [-0.3, -0.25) is 14.7 Å². The van der Waals surface area contributed by atoms with Crippen LogP contribution in [-0.2, 0) is 4.79 Å². The Morgan fingerprint density at radius 2 is 2.15 bits per heavy atom. The van der Waals surface area contributed by atoms with Crippen molar-refractivity contribution in [1.82, 2.24) is 15.5 Å². The van der Waals surface area contributed by atoms with Crippen molar-refractivity contribution in [3.05, 3.63) is 35.1 Å². The minimum Gasteiger partial charge on any atom is -0.380 e. The SMILES string of the molecule is CC/C=C\CN(C)C(/N=C/C1=CCC2=C(CCCNC2=O)CN1)C(F)F. The van der Waals surface area contributed by atoms with Crippen LogP contribution in [-0.4, -0.2) is 56.3 Å². The summed E-state index contributed by atoms with van der Waals surface area (Å²) in [5, 5.41) is 6.10. The summed E-state index contributed by atoms with van der Waals surface area (Å²) in [6.07, 6.45) is 6.50. The molecule has 26 heavy (non-hydrogen) atoms. The zero-order chi connectivity index (χ0) is 18.9. The molecule has 0 aromatic carbocycles. The molecule has 144 valence electrons. The lowest BCUT2D eigenvalue weighted by atomic mass is 10.0. The van der Waals surface area contributed by atoms with Gasteiger partial charge in [0, 0.05) is 37.1 Å². The monoisotopic (exact) mass is 366 g/mol. The number of hydrogen-bond acceptors (Lipinski definition) is 4. The van der Waals surface area contributed by atoms with Crippen molar-refractivity contribution >= 4 is 12.1 Å². The highest BCUT2D eigenvalue weighted by Crippen LogP contribution is 2.21. The fourth-order valence-electron chi connectivity index (χ4n) is 2.99. The van der Waals surface area contributed by atoms with Gasteiger partial charge in [-0.1, -0.05) is 25.2 Å². The Bertz CT molecular complexity index is 611. The third-order valence-corrected chi connectivity index (χ3v) is 4.51. The predicted octanol–water partition coefficient (Wildman–Crippen LogP) is 2.63. The minimum atomic E-state index is -2.57. The van der Waals surface area contributed by atoms with Gasteiger partial charge in [-0.05, 0) is 38.3 Å². The summed E-state index contributed by atoms with van der Waals surface area (Å²) in [5.74, 6) is -0.0263. The highest BCUT2D eigenvalue weighted by atomic mass is 19.3. The predicted molar refractivity (Wildman–Crippen MR) is 100 cm³/mol. The van der Waals surface area contributed by atoms with E-state index in [1.54, 1.807) is 7.05 Å². The molecule has 1 unspecified atom stereocenters. The first-order valence-corrected chi connectivity index (χ1v) is 9.12. The van der Waals surface area contributed by atoms with E-state index in [9.17, 15) is 13.6 Å². The van der Waals surface area contributed by atoms with E-state index in [0.717, 1.165) is 30.4 Å². The van der Waals surface area contributed by atoms with Gasteiger partial charge in [0.1, 0.15) is 0 Å². The third kappa shape index (κ3) is 5.76. The molecule has 1 amide bonds. The molecule has 0 bridgehead atoms. The van der Waals surface area contributed by atoms with Crippen molar-refractivity contribution in [2.45, 2.75) is 45.2 Å². The first kappa shape index (κ1) is 20.3. The van der Waals surface area contributed by atoms with Gasteiger partial charge in [0.2, 0.25) is 5.91 Å². The van der Waals surface area contributed by atoms with Crippen LogP contribution in [0.15, 0.2) is 40.1 Å². The van der Waals surface area contributed by atoms with Crippen molar-refractivity contribution in [3.8, 4) is 0 Å². The fraction of sp³-hybridized carbons (Fsp3) is 0.579. The Morgan fingerprint density at radius 1 is 1.35 bits per heavy atom. The number of nitrogens with zero attached hydrogens (tertiary/aromatic N) is 2. The van der Waals surface area contributed by atoms with Gasteiger partial charge in [0.15, 0.2) is 6.17 Å². The average molecular weight is 366 g/mol. The summed E-state index contributed by atoms with van der Waals surface area (Å²) in [7, 11) is 1.64. The summed E-state index contributed by atoms with van der Waals surface area (Å²) < 4.78 is 26.7. The Hall–Kier alpha value is -2.02. The van der Waals surface area contributed by atoms with Crippen LogP contribution in [0.2, 0.25) is 0 Å². The maximum atomic E-state index is 13.4. The van der Waals surface area contributed by atoms with Crippen LogP contribution < -0.4 is 10.6 Å². The first-order chi connectivity index (χ1) is 12.5. The van der Waals surface area contributed by atoms with Crippen molar-refractivity contribution in [2.24, 2.45) is 4.99 Å². The first-order valence-electron chi connectivity index (χ1n) is 9.12. The lowest BCUT2D eigenvalue weighted by Crippen LogP contribution is -2.36. The van der Waals surface area contributed by atoms with E-state index in [1.807, 2.05) is 25.2 Å². The summed E-state index contributed by atoms with van der Waals surface area (Å²) in [5.41, 5.74) is 2.55. The van der Waals surface area contributed by atoms with E-state index in [1.165, 1.54) is 11.1 Å². The number of halogens is 2. The minimum absolute atomic E-state index is 0.0263. The molecule has 7 heteroatoms. The van der Waals surface area contributed by atoms with E-state index in [-0.39, 0.29) is 5.91 Å². The highest BCUT2D eigenvalue weighted by molar-refractivity contribution is 5.95. The molecule has 2 heterocycles. The zero-order valence-electron chi connectivity index (χ0n) is 15.5. The molecular weight excluding hydrogens is 338 g/mol. The van der Waals surface area contributed by atoms with Crippen LogP contribution >= 0.6 is 0 Å². The average Bonchev–Trinajstić information content (AvgIpc) is 2.91. The van der Waals surface area contributed by atoms with E-state index in [2.05, 4.69) is 15.6 Å². The van der Waals surface area contributed by atoms with Gasteiger partial charge in [-0.2, -0.15) is 0 Å². The van der Waals surface area contributed by atoms with Crippen LogP contribution in [0.4, 0.5) is 8.78 Å². The smallest absolute Gasteiger partial charge is 0.273 e. The van der Waals surface area contributed by atoms with Crippen LogP contribution in [0.1, 0.15) is 32.6 Å². The molecule has 0 aromatic rings. The van der Waals surface area contributed by atoms with Gasteiger partial charge in [-0.25, -0.2) is 8.78 Å². The Kier molecular flexibility index (Phi) is 7.97. The number of hydrogen-bond donors (Lipinski definition) is 2. The number of carbonyl (C=O) groups is 1. The summed E-state index contributed by atoms with van der Waals surface area (Å²) in [4.78, 5) is 17.7. The van der Waals surface area contributed by atoms with E-state index < -0.39 is 12.6 Å². The topological polar surface area (TPSA) is 56.7 Å². The van der Waals surface area contributed by atoms with Gasteiger partial charge >= 0.3 is 0 Å². The van der Waals surface area contributed by atoms with Gasteiger partial charge in [0.25, 0.3) is 6.43 Å². The molecule has 0 saturated heterocycles. The van der Waals surface area contributed by atoms with Crippen molar-refractivity contribution in [3.63, 3.8) is 0 Å². The highest BCUT2D eigenvalue weighted by Gasteiger charge is 2.23. The van der Waals surface area contributed by atoms with E-state index in [4.69, 9.17) is 0 Å². The second-order valence-electron chi connectivity index (χ2n) is 6.50. The second-order valence-corrected chi connectivity index (χ2v) is 6.50. The molecule has 0 aromatic heterocycles. The molecule has 2 rings (SSSR count). The largest absolute Gasteiger partial charge is 0.380 e. The summed E-state index contributed by atoms with van der Waals surface area (Å²) >= 11 is 0. The maximum Gasteiger partial charge on any atom is 0.273 e. The van der Waals surface area contributed by atoms with Gasteiger partial charge < -0.3 is 10.6 Å². The fourth-order valence-corrected chi connectivity index (χ4v) is 2.99. The molecule has 2 aliphatic heterocycles. The Morgan fingerprint density at radius 3 is 2.88 bits per heavy atom. The number of alkyl halides is 2. The molecule has 5 nitrogen and oxygen atoms in total. The normalized spacial score (nSPS) is 20.1. The van der Waals surface area contributed by atoms with Crippen LogP contribution in [0.3, 0.4) is 0 Å². The lowest BCUT2D eigenvalue weighted by molar-refractivity contribution is -0.117.